The number of pyridine rings is 1. The second-order valence-electron chi connectivity index (χ2n) is 4.35. The first-order valence-corrected chi connectivity index (χ1v) is 6.12. The number of aromatic nitrogens is 1. The molecule has 2 atom stereocenters. The van der Waals surface area contributed by atoms with Crippen molar-refractivity contribution in [2.45, 2.75) is 19.0 Å². The SMILES string of the molecule is CC(NC(C(=O)O)c1ccccc1)c1ccncc1. The zero-order chi connectivity index (χ0) is 13.7. The van der Waals surface area contributed by atoms with Gasteiger partial charge in [0, 0.05) is 18.4 Å². The van der Waals surface area contributed by atoms with Crippen molar-refractivity contribution in [1.82, 2.24) is 10.3 Å². The minimum Gasteiger partial charge on any atom is -0.480 e. The molecule has 4 nitrogen and oxygen atoms in total. The van der Waals surface area contributed by atoms with E-state index in [0.29, 0.717) is 0 Å². The average Bonchev–Trinajstić information content (AvgIpc) is 2.46. The van der Waals surface area contributed by atoms with Gasteiger partial charge in [-0.05, 0) is 30.2 Å². The third-order valence-electron chi connectivity index (χ3n) is 3.00. The number of aliphatic carboxylic acids is 1. The first-order valence-electron chi connectivity index (χ1n) is 6.12. The summed E-state index contributed by atoms with van der Waals surface area (Å²) in [5.41, 5.74) is 1.76. The Bertz CT molecular complexity index is 528. The van der Waals surface area contributed by atoms with Gasteiger partial charge in [-0.1, -0.05) is 30.3 Å². The van der Waals surface area contributed by atoms with Crippen LogP contribution in [0, 0.1) is 0 Å². The quantitative estimate of drug-likeness (QED) is 0.863. The van der Waals surface area contributed by atoms with Crippen LogP contribution in [0.25, 0.3) is 0 Å². The van der Waals surface area contributed by atoms with E-state index in [2.05, 4.69) is 10.3 Å². The molecule has 1 aromatic carbocycles. The van der Waals surface area contributed by atoms with Crippen molar-refractivity contribution >= 4 is 5.97 Å². The molecule has 19 heavy (non-hydrogen) atoms. The Labute approximate surface area is 112 Å². The summed E-state index contributed by atoms with van der Waals surface area (Å²) >= 11 is 0. The fourth-order valence-corrected chi connectivity index (χ4v) is 1.95. The number of hydrogen-bond donors (Lipinski definition) is 2. The summed E-state index contributed by atoms with van der Waals surface area (Å²) in [6.45, 7) is 1.94. The molecular weight excluding hydrogens is 240 g/mol. The number of nitrogens with zero attached hydrogens (tertiary/aromatic N) is 1. The summed E-state index contributed by atoms with van der Waals surface area (Å²) in [5, 5.41) is 12.5. The van der Waals surface area contributed by atoms with Gasteiger partial charge < -0.3 is 5.11 Å². The molecule has 0 saturated carbocycles. The molecule has 2 unspecified atom stereocenters. The molecule has 0 aliphatic carbocycles. The molecule has 0 saturated heterocycles. The predicted octanol–water partition coefficient (Wildman–Crippen LogP) is 2.56. The molecule has 0 aliphatic rings. The molecule has 0 aliphatic heterocycles. The van der Waals surface area contributed by atoms with Crippen LogP contribution in [0.2, 0.25) is 0 Å². The van der Waals surface area contributed by atoms with Crippen LogP contribution in [0.4, 0.5) is 0 Å². The molecule has 0 bridgehead atoms. The fraction of sp³-hybridized carbons (Fsp3) is 0.200. The van der Waals surface area contributed by atoms with Crippen LogP contribution in [0.15, 0.2) is 54.9 Å². The highest BCUT2D eigenvalue weighted by atomic mass is 16.4. The van der Waals surface area contributed by atoms with Crippen molar-refractivity contribution in [2.75, 3.05) is 0 Å². The number of carboxylic acids is 1. The lowest BCUT2D eigenvalue weighted by Crippen LogP contribution is -2.30. The standard InChI is InChI=1S/C15H16N2O2/c1-11(12-7-9-16-10-8-12)17-14(15(18)19)13-5-3-2-4-6-13/h2-11,14,17H,1H3,(H,18,19). The summed E-state index contributed by atoms with van der Waals surface area (Å²) in [6.07, 6.45) is 3.40. The second-order valence-corrected chi connectivity index (χ2v) is 4.35. The summed E-state index contributed by atoms with van der Waals surface area (Å²) in [6, 6.07) is 12.1. The Morgan fingerprint density at radius 2 is 1.74 bits per heavy atom. The van der Waals surface area contributed by atoms with Crippen LogP contribution >= 0.6 is 0 Å². The van der Waals surface area contributed by atoms with Gasteiger partial charge in [-0.2, -0.15) is 0 Å². The zero-order valence-electron chi connectivity index (χ0n) is 10.7. The molecule has 0 amide bonds. The van der Waals surface area contributed by atoms with Crippen LogP contribution in [-0.4, -0.2) is 16.1 Å². The summed E-state index contributed by atoms with van der Waals surface area (Å²) < 4.78 is 0. The number of rotatable bonds is 5. The molecule has 4 heteroatoms. The van der Waals surface area contributed by atoms with E-state index in [4.69, 9.17) is 0 Å². The van der Waals surface area contributed by atoms with E-state index in [1.165, 1.54) is 0 Å². The third kappa shape index (κ3) is 3.39. The Morgan fingerprint density at radius 3 is 2.32 bits per heavy atom. The lowest BCUT2D eigenvalue weighted by atomic mass is 10.0. The molecule has 1 heterocycles. The lowest BCUT2D eigenvalue weighted by molar-refractivity contribution is -0.139. The van der Waals surface area contributed by atoms with E-state index in [-0.39, 0.29) is 6.04 Å². The van der Waals surface area contributed by atoms with E-state index >= 15 is 0 Å². The molecule has 1 aromatic heterocycles. The Kier molecular flexibility index (Phi) is 4.26. The van der Waals surface area contributed by atoms with Gasteiger partial charge in [0.15, 0.2) is 0 Å². The van der Waals surface area contributed by atoms with Crippen LogP contribution in [0.1, 0.15) is 30.1 Å². The maximum absolute atomic E-state index is 11.4. The van der Waals surface area contributed by atoms with Gasteiger partial charge >= 0.3 is 5.97 Å². The molecule has 0 spiro atoms. The highest BCUT2D eigenvalue weighted by Gasteiger charge is 2.21. The minimum absolute atomic E-state index is 0.0655. The van der Waals surface area contributed by atoms with Gasteiger partial charge in [-0.25, -0.2) is 0 Å². The van der Waals surface area contributed by atoms with Gasteiger partial charge in [0.2, 0.25) is 0 Å². The monoisotopic (exact) mass is 256 g/mol. The van der Waals surface area contributed by atoms with Crippen LogP contribution < -0.4 is 5.32 Å². The molecule has 2 rings (SSSR count). The van der Waals surface area contributed by atoms with E-state index in [0.717, 1.165) is 11.1 Å². The van der Waals surface area contributed by atoms with Gasteiger partial charge in [0.05, 0.1) is 0 Å². The number of carboxylic acid groups (broad SMARTS) is 1. The summed E-state index contributed by atoms with van der Waals surface area (Å²) in [5.74, 6) is -0.882. The predicted molar refractivity (Wildman–Crippen MR) is 72.6 cm³/mol. The largest absolute Gasteiger partial charge is 0.480 e. The molecule has 2 aromatic rings. The number of hydrogen-bond acceptors (Lipinski definition) is 3. The van der Waals surface area contributed by atoms with Crippen molar-refractivity contribution in [3.63, 3.8) is 0 Å². The topological polar surface area (TPSA) is 62.2 Å². The lowest BCUT2D eigenvalue weighted by Gasteiger charge is -2.20. The van der Waals surface area contributed by atoms with E-state index < -0.39 is 12.0 Å². The Hall–Kier alpha value is -2.20. The normalized spacial score (nSPS) is 13.7. The molecule has 0 radical (unpaired) electrons. The highest BCUT2D eigenvalue weighted by Crippen LogP contribution is 2.19. The smallest absolute Gasteiger partial charge is 0.325 e. The van der Waals surface area contributed by atoms with Crippen molar-refractivity contribution in [1.29, 1.82) is 0 Å². The van der Waals surface area contributed by atoms with Crippen molar-refractivity contribution in [2.24, 2.45) is 0 Å². The van der Waals surface area contributed by atoms with E-state index in [1.54, 1.807) is 12.4 Å². The summed E-state index contributed by atoms with van der Waals surface area (Å²) in [4.78, 5) is 15.3. The Morgan fingerprint density at radius 1 is 1.11 bits per heavy atom. The summed E-state index contributed by atoms with van der Waals surface area (Å²) in [7, 11) is 0. The third-order valence-corrected chi connectivity index (χ3v) is 3.00. The average molecular weight is 256 g/mol. The number of benzene rings is 1. The Balaban J connectivity index is 2.16. The van der Waals surface area contributed by atoms with Crippen LogP contribution in [0.3, 0.4) is 0 Å². The van der Waals surface area contributed by atoms with Gasteiger partial charge in [-0.3, -0.25) is 15.1 Å². The number of nitrogens with one attached hydrogen (secondary N) is 1. The van der Waals surface area contributed by atoms with Crippen molar-refractivity contribution in [3.8, 4) is 0 Å². The minimum atomic E-state index is -0.882. The van der Waals surface area contributed by atoms with Crippen molar-refractivity contribution < 1.29 is 9.90 Å². The van der Waals surface area contributed by atoms with Crippen LogP contribution in [0.5, 0.6) is 0 Å². The van der Waals surface area contributed by atoms with Gasteiger partial charge in [-0.15, -0.1) is 0 Å². The number of carbonyl (C=O) groups is 1. The van der Waals surface area contributed by atoms with Crippen molar-refractivity contribution in [3.05, 3.63) is 66.0 Å². The first-order chi connectivity index (χ1) is 9.18. The van der Waals surface area contributed by atoms with Gasteiger partial charge in [0.1, 0.15) is 6.04 Å². The maximum atomic E-state index is 11.4. The first kappa shape index (κ1) is 13.2. The van der Waals surface area contributed by atoms with Gasteiger partial charge in [0.25, 0.3) is 0 Å². The van der Waals surface area contributed by atoms with Crippen LogP contribution in [-0.2, 0) is 4.79 Å². The van der Waals surface area contributed by atoms with E-state index in [1.807, 2.05) is 49.4 Å². The maximum Gasteiger partial charge on any atom is 0.325 e. The fourth-order valence-electron chi connectivity index (χ4n) is 1.95. The zero-order valence-corrected chi connectivity index (χ0v) is 10.7. The molecular formula is C15H16N2O2. The second kappa shape index (κ2) is 6.11. The highest BCUT2D eigenvalue weighted by molar-refractivity contribution is 5.75. The molecule has 98 valence electrons. The van der Waals surface area contributed by atoms with E-state index in [9.17, 15) is 9.90 Å². The molecule has 0 fully saturated rings. The molecule has 2 N–H and O–H groups in total.